The summed E-state index contributed by atoms with van der Waals surface area (Å²) in [4.78, 5) is 27.2. The predicted molar refractivity (Wildman–Crippen MR) is 109 cm³/mol. The fraction of sp³-hybridized carbons (Fsp3) is 0.273. The SMILES string of the molecule is CCN(CC)C(=O)/C(=C/c1ccc(OC)c(OC)c1)NC(=O)c1ccccc1. The molecule has 0 saturated carbocycles. The van der Waals surface area contributed by atoms with E-state index in [1.165, 1.54) is 0 Å². The van der Waals surface area contributed by atoms with Crippen molar-refractivity contribution in [3.63, 3.8) is 0 Å². The first-order valence-electron chi connectivity index (χ1n) is 9.13. The van der Waals surface area contributed by atoms with Crippen molar-refractivity contribution in [2.45, 2.75) is 13.8 Å². The number of carbonyl (C=O) groups is 2. The molecule has 0 atom stereocenters. The van der Waals surface area contributed by atoms with Gasteiger partial charge in [0, 0.05) is 18.7 Å². The summed E-state index contributed by atoms with van der Waals surface area (Å²) in [7, 11) is 3.10. The van der Waals surface area contributed by atoms with Crippen LogP contribution < -0.4 is 14.8 Å². The first-order chi connectivity index (χ1) is 13.5. The van der Waals surface area contributed by atoms with Crippen molar-refractivity contribution < 1.29 is 19.1 Å². The number of hydrogen-bond acceptors (Lipinski definition) is 4. The summed E-state index contributed by atoms with van der Waals surface area (Å²) >= 11 is 0. The highest BCUT2D eigenvalue weighted by Gasteiger charge is 2.19. The van der Waals surface area contributed by atoms with E-state index in [2.05, 4.69) is 5.32 Å². The normalized spacial score (nSPS) is 10.9. The first-order valence-corrected chi connectivity index (χ1v) is 9.13. The Morgan fingerprint density at radius 1 is 0.964 bits per heavy atom. The van der Waals surface area contributed by atoms with E-state index in [1.54, 1.807) is 67.7 Å². The molecule has 2 rings (SSSR count). The number of ether oxygens (including phenoxy) is 2. The molecular formula is C22H26N2O4. The lowest BCUT2D eigenvalue weighted by atomic mass is 10.1. The number of amides is 2. The van der Waals surface area contributed by atoms with Crippen LogP contribution in [0.5, 0.6) is 11.5 Å². The molecule has 0 saturated heterocycles. The molecule has 2 aromatic rings. The Kier molecular flexibility index (Phi) is 7.63. The zero-order chi connectivity index (χ0) is 20.5. The third kappa shape index (κ3) is 5.13. The van der Waals surface area contributed by atoms with Gasteiger partial charge in [-0.05, 0) is 49.8 Å². The number of benzene rings is 2. The lowest BCUT2D eigenvalue weighted by Gasteiger charge is -2.21. The van der Waals surface area contributed by atoms with Gasteiger partial charge in [-0.2, -0.15) is 0 Å². The van der Waals surface area contributed by atoms with Crippen LogP contribution in [0.4, 0.5) is 0 Å². The molecule has 0 fully saturated rings. The molecule has 0 radical (unpaired) electrons. The van der Waals surface area contributed by atoms with E-state index in [1.807, 2.05) is 19.9 Å². The van der Waals surface area contributed by atoms with Crippen LogP contribution in [0.3, 0.4) is 0 Å². The van der Waals surface area contributed by atoms with Gasteiger partial charge in [0.2, 0.25) is 0 Å². The van der Waals surface area contributed by atoms with Crippen molar-refractivity contribution >= 4 is 17.9 Å². The molecule has 0 aliphatic carbocycles. The quantitative estimate of drug-likeness (QED) is 0.711. The highest BCUT2D eigenvalue weighted by molar-refractivity contribution is 6.05. The van der Waals surface area contributed by atoms with E-state index in [4.69, 9.17) is 9.47 Å². The van der Waals surface area contributed by atoms with Crippen LogP contribution >= 0.6 is 0 Å². The van der Waals surface area contributed by atoms with Crippen molar-refractivity contribution in [2.24, 2.45) is 0 Å². The Morgan fingerprint density at radius 2 is 1.61 bits per heavy atom. The molecule has 0 aromatic heterocycles. The Hall–Kier alpha value is -3.28. The van der Waals surface area contributed by atoms with Gasteiger partial charge in [0.15, 0.2) is 11.5 Å². The van der Waals surface area contributed by atoms with Crippen molar-refractivity contribution in [1.82, 2.24) is 10.2 Å². The van der Waals surface area contributed by atoms with Crippen molar-refractivity contribution in [2.75, 3.05) is 27.3 Å². The predicted octanol–water partition coefficient (Wildman–Crippen LogP) is 3.34. The lowest BCUT2D eigenvalue weighted by molar-refractivity contribution is -0.127. The van der Waals surface area contributed by atoms with Gasteiger partial charge in [-0.25, -0.2) is 0 Å². The fourth-order valence-electron chi connectivity index (χ4n) is 2.73. The summed E-state index contributed by atoms with van der Waals surface area (Å²) in [6.45, 7) is 4.88. The highest BCUT2D eigenvalue weighted by atomic mass is 16.5. The molecule has 2 aromatic carbocycles. The van der Waals surface area contributed by atoms with E-state index < -0.39 is 0 Å². The molecule has 28 heavy (non-hydrogen) atoms. The van der Waals surface area contributed by atoms with Gasteiger partial charge in [0.05, 0.1) is 14.2 Å². The van der Waals surface area contributed by atoms with E-state index in [0.29, 0.717) is 35.7 Å². The molecule has 0 aliphatic rings. The standard InChI is InChI=1S/C22H26N2O4/c1-5-24(6-2)22(26)18(23-21(25)17-10-8-7-9-11-17)14-16-12-13-19(27-3)20(15-16)28-4/h7-15H,5-6H2,1-4H3,(H,23,25)/b18-14-. The molecule has 0 bridgehead atoms. The number of hydrogen-bond donors (Lipinski definition) is 1. The minimum Gasteiger partial charge on any atom is -0.493 e. The van der Waals surface area contributed by atoms with E-state index in [0.717, 1.165) is 0 Å². The van der Waals surface area contributed by atoms with Gasteiger partial charge in [0.1, 0.15) is 5.70 Å². The molecule has 6 heteroatoms. The first kappa shape index (κ1) is 21.0. The van der Waals surface area contributed by atoms with Crippen molar-refractivity contribution in [3.8, 4) is 11.5 Å². The summed E-state index contributed by atoms with van der Waals surface area (Å²) in [5, 5.41) is 2.76. The maximum Gasteiger partial charge on any atom is 0.270 e. The van der Waals surface area contributed by atoms with Crippen molar-refractivity contribution in [3.05, 3.63) is 65.4 Å². The van der Waals surface area contributed by atoms with Crippen molar-refractivity contribution in [1.29, 1.82) is 0 Å². The zero-order valence-electron chi connectivity index (χ0n) is 16.7. The van der Waals surface area contributed by atoms with E-state index >= 15 is 0 Å². The maximum absolute atomic E-state index is 12.9. The molecule has 1 N–H and O–H groups in total. The van der Waals surface area contributed by atoms with Gasteiger partial charge in [0.25, 0.3) is 11.8 Å². The molecule has 0 heterocycles. The smallest absolute Gasteiger partial charge is 0.270 e. The van der Waals surface area contributed by atoms with Gasteiger partial charge in [-0.15, -0.1) is 0 Å². The summed E-state index contributed by atoms with van der Waals surface area (Å²) < 4.78 is 10.6. The summed E-state index contributed by atoms with van der Waals surface area (Å²) in [6.07, 6.45) is 1.64. The number of rotatable bonds is 8. The Labute approximate surface area is 165 Å². The monoisotopic (exact) mass is 382 g/mol. The zero-order valence-corrected chi connectivity index (χ0v) is 16.7. The van der Waals surface area contributed by atoms with Gasteiger partial charge in [-0.3, -0.25) is 9.59 Å². The Morgan fingerprint density at radius 3 is 2.18 bits per heavy atom. The van der Waals surface area contributed by atoms with Gasteiger partial charge in [-0.1, -0.05) is 24.3 Å². The summed E-state index contributed by atoms with van der Waals surface area (Å²) in [5.41, 5.74) is 1.39. The Bertz CT molecular complexity index is 843. The molecule has 148 valence electrons. The number of nitrogens with zero attached hydrogens (tertiary/aromatic N) is 1. The van der Waals surface area contributed by atoms with Crippen LogP contribution in [0, 0.1) is 0 Å². The van der Waals surface area contributed by atoms with E-state index in [-0.39, 0.29) is 17.5 Å². The van der Waals surface area contributed by atoms with Crippen LogP contribution in [0.2, 0.25) is 0 Å². The maximum atomic E-state index is 12.9. The molecule has 0 unspecified atom stereocenters. The number of nitrogens with one attached hydrogen (secondary N) is 1. The highest BCUT2D eigenvalue weighted by Crippen LogP contribution is 2.28. The third-order valence-corrected chi connectivity index (χ3v) is 4.28. The van der Waals surface area contributed by atoms with Crippen LogP contribution in [-0.4, -0.2) is 44.0 Å². The molecular weight excluding hydrogens is 356 g/mol. The number of carbonyl (C=O) groups excluding carboxylic acids is 2. The van der Waals surface area contributed by atoms with Gasteiger partial charge >= 0.3 is 0 Å². The third-order valence-electron chi connectivity index (χ3n) is 4.28. The van der Waals surface area contributed by atoms with Crippen LogP contribution in [-0.2, 0) is 4.79 Å². The van der Waals surface area contributed by atoms with E-state index in [9.17, 15) is 9.59 Å². The van der Waals surface area contributed by atoms with Gasteiger partial charge < -0.3 is 19.7 Å². The average Bonchev–Trinajstić information content (AvgIpc) is 2.74. The Balaban J connectivity index is 2.41. The molecule has 0 aliphatic heterocycles. The number of likely N-dealkylation sites (N-methyl/N-ethyl adjacent to an activating group) is 1. The largest absolute Gasteiger partial charge is 0.493 e. The summed E-state index contributed by atoms with van der Waals surface area (Å²) in [6, 6.07) is 14.1. The van der Waals surface area contributed by atoms with Crippen LogP contribution in [0.25, 0.3) is 6.08 Å². The van der Waals surface area contributed by atoms with Crippen LogP contribution in [0.1, 0.15) is 29.8 Å². The van der Waals surface area contributed by atoms with Crippen LogP contribution in [0.15, 0.2) is 54.2 Å². The number of methoxy groups -OCH3 is 2. The molecule has 2 amide bonds. The second kappa shape index (κ2) is 10.2. The topological polar surface area (TPSA) is 67.9 Å². The average molecular weight is 382 g/mol. The second-order valence-electron chi connectivity index (χ2n) is 5.97. The summed E-state index contributed by atoms with van der Waals surface area (Å²) in [5.74, 6) is 0.543. The second-order valence-corrected chi connectivity index (χ2v) is 5.97. The fourth-order valence-corrected chi connectivity index (χ4v) is 2.73. The molecule has 0 spiro atoms. The minimum atomic E-state index is -0.340. The molecule has 6 nitrogen and oxygen atoms in total. The minimum absolute atomic E-state index is 0.199. The lowest BCUT2D eigenvalue weighted by Crippen LogP contribution is -2.38.